The Labute approximate surface area is 124 Å². The number of nitrogens with zero attached hydrogens (tertiary/aromatic N) is 1. The first-order valence-corrected chi connectivity index (χ1v) is 6.97. The molecule has 1 aliphatic rings. The molecule has 0 spiro atoms. The van der Waals surface area contributed by atoms with Crippen LogP contribution in [0.5, 0.6) is 0 Å². The minimum Gasteiger partial charge on any atom is -0.318 e. The van der Waals surface area contributed by atoms with Gasteiger partial charge in [-0.15, -0.1) is 0 Å². The summed E-state index contributed by atoms with van der Waals surface area (Å²) in [6.07, 6.45) is 0. The topological polar surface area (TPSA) is 46.3 Å². The van der Waals surface area contributed by atoms with E-state index >= 15 is 0 Å². The lowest BCUT2D eigenvalue weighted by atomic mass is 9.88. The quantitative estimate of drug-likeness (QED) is 0.858. The number of halogens is 2. The van der Waals surface area contributed by atoms with Crippen LogP contribution in [0.15, 0.2) is 53.0 Å². The zero-order chi connectivity index (χ0) is 14.3. The molecule has 102 valence electrons. The van der Waals surface area contributed by atoms with E-state index in [1.165, 1.54) is 12.1 Å². The molecule has 0 bridgehead atoms. The predicted molar refractivity (Wildman–Crippen MR) is 78.7 cm³/mol. The van der Waals surface area contributed by atoms with Crippen LogP contribution in [0, 0.1) is 5.82 Å². The van der Waals surface area contributed by atoms with Gasteiger partial charge < -0.3 is 10.6 Å². The molecular weight excluding hydrogens is 323 g/mol. The zero-order valence-electron chi connectivity index (χ0n) is 10.5. The Hall–Kier alpha value is -1.72. The molecule has 1 fully saturated rings. The van der Waals surface area contributed by atoms with E-state index in [0.717, 1.165) is 10.0 Å². The smallest absolute Gasteiger partial charge is 0.247 e. The SMILES string of the molecule is N[C@@H]1C(=O)N(c2ccc(F)cc2)[C@H]1c1ccc(Br)cc1. The summed E-state index contributed by atoms with van der Waals surface area (Å²) in [6.45, 7) is 0. The van der Waals surface area contributed by atoms with Crippen LogP contribution < -0.4 is 10.6 Å². The van der Waals surface area contributed by atoms with E-state index in [2.05, 4.69) is 15.9 Å². The molecule has 20 heavy (non-hydrogen) atoms. The summed E-state index contributed by atoms with van der Waals surface area (Å²) in [4.78, 5) is 13.6. The van der Waals surface area contributed by atoms with Crippen molar-refractivity contribution in [3.05, 3.63) is 64.4 Å². The maximum atomic E-state index is 13.0. The fourth-order valence-electron chi connectivity index (χ4n) is 2.42. The average Bonchev–Trinajstić information content (AvgIpc) is 2.46. The van der Waals surface area contributed by atoms with E-state index in [-0.39, 0.29) is 17.8 Å². The fourth-order valence-corrected chi connectivity index (χ4v) is 2.68. The highest BCUT2D eigenvalue weighted by Gasteiger charge is 2.46. The van der Waals surface area contributed by atoms with Crippen LogP contribution in [-0.4, -0.2) is 11.9 Å². The monoisotopic (exact) mass is 334 g/mol. The van der Waals surface area contributed by atoms with Gasteiger partial charge in [0.2, 0.25) is 5.91 Å². The Morgan fingerprint density at radius 2 is 1.65 bits per heavy atom. The van der Waals surface area contributed by atoms with E-state index in [1.54, 1.807) is 17.0 Å². The van der Waals surface area contributed by atoms with E-state index < -0.39 is 6.04 Å². The number of nitrogens with two attached hydrogens (primary N) is 1. The van der Waals surface area contributed by atoms with Gasteiger partial charge >= 0.3 is 0 Å². The van der Waals surface area contributed by atoms with Crippen molar-refractivity contribution in [2.24, 2.45) is 5.73 Å². The summed E-state index contributed by atoms with van der Waals surface area (Å²) >= 11 is 3.38. The Morgan fingerprint density at radius 3 is 2.25 bits per heavy atom. The number of anilines is 1. The van der Waals surface area contributed by atoms with Crippen molar-refractivity contribution < 1.29 is 9.18 Å². The van der Waals surface area contributed by atoms with Crippen molar-refractivity contribution in [2.45, 2.75) is 12.1 Å². The first kappa shape index (κ1) is 13.3. The highest BCUT2D eigenvalue weighted by Crippen LogP contribution is 2.38. The van der Waals surface area contributed by atoms with Gasteiger partial charge in [-0.1, -0.05) is 28.1 Å². The average molecular weight is 335 g/mol. The molecule has 0 radical (unpaired) electrons. The van der Waals surface area contributed by atoms with Crippen LogP contribution in [0.25, 0.3) is 0 Å². The summed E-state index contributed by atoms with van der Waals surface area (Å²) in [5, 5.41) is 0. The predicted octanol–water partition coefficient (Wildman–Crippen LogP) is 3.00. The van der Waals surface area contributed by atoms with Crippen LogP contribution in [0.2, 0.25) is 0 Å². The van der Waals surface area contributed by atoms with Gasteiger partial charge in [-0.25, -0.2) is 4.39 Å². The Balaban J connectivity index is 1.95. The largest absolute Gasteiger partial charge is 0.318 e. The summed E-state index contributed by atoms with van der Waals surface area (Å²) in [7, 11) is 0. The third kappa shape index (κ3) is 2.13. The molecule has 2 aromatic carbocycles. The number of β-lactam (4-membered cyclic amide) rings is 1. The van der Waals surface area contributed by atoms with Gasteiger partial charge in [0.15, 0.2) is 0 Å². The molecule has 0 aliphatic carbocycles. The van der Waals surface area contributed by atoms with Gasteiger partial charge in [-0.2, -0.15) is 0 Å². The number of rotatable bonds is 2. The van der Waals surface area contributed by atoms with Gasteiger partial charge in [0.25, 0.3) is 0 Å². The van der Waals surface area contributed by atoms with Crippen LogP contribution in [0.4, 0.5) is 10.1 Å². The second kappa shape index (κ2) is 5.00. The van der Waals surface area contributed by atoms with E-state index in [0.29, 0.717) is 5.69 Å². The van der Waals surface area contributed by atoms with Crippen molar-refractivity contribution in [3.63, 3.8) is 0 Å². The van der Waals surface area contributed by atoms with Gasteiger partial charge in [-0.05, 0) is 42.0 Å². The molecular formula is C15H12BrFN2O. The van der Waals surface area contributed by atoms with Crippen molar-refractivity contribution in [1.82, 2.24) is 0 Å². The molecule has 1 amide bonds. The minimum atomic E-state index is -0.554. The molecule has 1 saturated heterocycles. The molecule has 2 atom stereocenters. The van der Waals surface area contributed by atoms with Crippen molar-refractivity contribution in [2.75, 3.05) is 4.90 Å². The lowest BCUT2D eigenvalue weighted by Gasteiger charge is -2.45. The van der Waals surface area contributed by atoms with E-state index in [9.17, 15) is 9.18 Å². The summed E-state index contributed by atoms with van der Waals surface area (Å²) in [5.41, 5.74) is 7.54. The third-order valence-electron chi connectivity index (χ3n) is 3.46. The second-order valence-electron chi connectivity index (χ2n) is 4.71. The summed E-state index contributed by atoms with van der Waals surface area (Å²) in [5.74, 6) is -0.476. The molecule has 3 nitrogen and oxygen atoms in total. The Morgan fingerprint density at radius 1 is 1.05 bits per heavy atom. The molecule has 0 aromatic heterocycles. The third-order valence-corrected chi connectivity index (χ3v) is 3.99. The molecule has 0 saturated carbocycles. The summed E-state index contributed by atoms with van der Waals surface area (Å²) < 4.78 is 13.9. The van der Waals surface area contributed by atoms with Crippen LogP contribution >= 0.6 is 15.9 Å². The number of carbonyl (C=O) groups is 1. The van der Waals surface area contributed by atoms with Crippen molar-refractivity contribution >= 4 is 27.5 Å². The van der Waals surface area contributed by atoms with Crippen molar-refractivity contribution in [3.8, 4) is 0 Å². The normalized spacial score (nSPS) is 21.8. The number of amides is 1. The minimum absolute atomic E-state index is 0.149. The first-order chi connectivity index (χ1) is 9.58. The maximum Gasteiger partial charge on any atom is 0.247 e. The van der Waals surface area contributed by atoms with Crippen LogP contribution in [0.3, 0.4) is 0 Å². The highest BCUT2D eigenvalue weighted by molar-refractivity contribution is 9.10. The van der Waals surface area contributed by atoms with E-state index in [4.69, 9.17) is 5.73 Å². The van der Waals surface area contributed by atoms with Crippen molar-refractivity contribution in [1.29, 1.82) is 0 Å². The molecule has 2 N–H and O–H groups in total. The second-order valence-corrected chi connectivity index (χ2v) is 5.62. The Bertz CT molecular complexity index is 642. The number of carbonyl (C=O) groups excluding carboxylic acids is 1. The molecule has 0 unspecified atom stereocenters. The van der Waals surface area contributed by atoms with Gasteiger partial charge in [0.1, 0.15) is 11.9 Å². The van der Waals surface area contributed by atoms with E-state index in [1.807, 2.05) is 24.3 Å². The van der Waals surface area contributed by atoms with Gasteiger partial charge in [0.05, 0.1) is 6.04 Å². The number of hydrogen-bond donors (Lipinski definition) is 1. The molecule has 1 aliphatic heterocycles. The Kier molecular flexibility index (Phi) is 3.31. The number of hydrogen-bond acceptors (Lipinski definition) is 2. The standard InChI is InChI=1S/C15H12BrFN2O/c16-10-3-1-9(2-4-10)14-13(18)15(20)19(14)12-7-5-11(17)6-8-12/h1-8,13-14H,18H2/t13-,14-/m0/s1. The lowest BCUT2D eigenvalue weighted by molar-refractivity contribution is -0.126. The maximum absolute atomic E-state index is 13.0. The zero-order valence-corrected chi connectivity index (χ0v) is 12.0. The van der Waals surface area contributed by atoms with Crippen LogP contribution in [-0.2, 0) is 4.79 Å². The highest BCUT2D eigenvalue weighted by atomic mass is 79.9. The molecule has 5 heteroatoms. The fraction of sp³-hybridized carbons (Fsp3) is 0.133. The summed E-state index contributed by atoms with van der Waals surface area (Å²) in [6, 6.07) is 12.8. The molecule has 2 aromatic rings. The molecule has 3 rings (SSSR count). The van der Waals surface area contributed by atoms with Gasteiger partial charge in [-0.3, -0.25) is 4.79 Å². The number of benzene rings is 2. The lowest BCUT2D eigenvalue weighted by Crippen LogP contribution is -2.63. The first-order valence-electron chi connectivity index (χ1n) is 6.17. The van der Waals surface area contributed by atoms with Crippen LogP contribution in [0.1, 0.15) is 11.6 Å². The molecule has 1 heterocycles. The van der Waals surface area contributed by atoms with Gasteiger partial charge in [0, 0.05) is 10.2 Å².